The molecule has 4 aliphatic carbocycles. The van der Waals surface area contributed by atoms with E-state index in [0.717, 1.165) is 28.8 Å². The number of nitrogens with two attached hydrogens (primary N) is 1. The van der Waals surface area contributed by atoms with Crippen molar-refractivity contribution in [1.29, 1.82) is 0 Å². The zero-order valence-electron chi connectivity index (χ0n) is 33.6. The summed E-state index contributed by atoms with van der Waals surface area (Å²) in [7, 11) is 8.48. The Hall–Kier alpha value is -0.372. The topological polar surface area (TPSA) is 62.5 Å². The molecule has 7 rings (SSSR count). The number of nitrogen functional groups attached to an aromatic ring is 1. The van der Waals surface area contributed by atoms with Crippen molar-refractivity contribution in [1.82, 2.24) is 14.8 Å². The summed E-state index contributed by atoms with van der Waals surface area (Å²) in [6.07, 6.45) is 23.5. The Morgan fingerprint density at radius 3 is 1.52 bits per heavy atom. The molecular formula is C42H72Fe3N4OS2. The molecule has 1 heterocycles. The van der Waals surface area contributed by atoms with Crippen molar-refractivity contribution in [2.75, 3.05) is 33.9 Å². The molecule has 0 amide bonds. The summed E-state index contributed by atoms with van der Waals surface area (Å²) in [4.78, 5) is 20.7. The maximum Gasteiger partial charge on any atom is 2.00 e. The number of rotatable bonds is 4. The van der Waals surface area contributed by atoms with Crippen LogP contribution in [0.3, 0.4) is 0 Å². The Morgan fingerprint density at radius 2 is 1.12 bits per heavy atom. The van der Waals surface area contributed by atoms with Gasteiger partial charge >= 0.3 is 34.1 Å². The molecule has 1 aromatic heterocycles. The summed E-state index contributed by atoms with van der Waals surface area (Å²) in [5.74, 6) is 0.942. The predicted molar refractivity (Wildman–Crippen MR) is 224 cm³/mol. The second-order valence-corrected chi connectivity index (χ2v) is 15.0. The summed E-state index contributed by atoms with van der Waals surface area (Å²) in [6, 6.07) is 17.1. The molecule has 0 aliphatic heterocycles. The van der Waals surface area contributed by atoms with E-state index < -0.39 is 0 Å². The molecule has 4 saturated carbocycles. The number of thiazole rings is 1. The number of fused-ring (bicyclic) bond motifs is 1. The Morgan fingerprint density at radius 1 is 0.673 bits per heavy atom. The second kappa shape index (κ2) is 35.1. The number of para-hydroxylation sites is 2. The average Bonchev–Trinajstić information content (AvgIpc) is 3.90. The van der Waals surface area contributed by atoms with Gasteiger partial charge in [0.1, 0.15) is 6.29 Å². The molecule has 302 valence electrons. The van der Waals surface area contributed by atoms with Crippen molar-refractivity contribution in [2.45, 2.75) is 126 Å². The van der Waals surface area contributed by atoms with Gasteiger partial charge in [-0.3, -0.25) is 0 Å². The van der Waals surface area contributed by atoms with Crippen LogP contribution >= 0.6 is 24.0 Å². The average molecular weight is 881 g/mol. The van der Waals surface area contributed by atoms with Crippen LogP contribution in [0.2, 0.25) is 0 Å². The number of likely N-dealkylation sites (N-methyl/N-ethyl adjacent to an activating group) is 1. The second-order valence-electron chi connectivity index (χ2n) is 13.4. The molecule has 0 radical (unpaired) electrons. The fourth-order valence-electron chi connectivity index (χ4n) is 6.92. The van der Waals surface area contributed by atoms with Gasteiger partial charge in [-0.1, -0.05) is 101 Å². The van der Waals surface area contributed by atoms with Crippen LogP contribution in [-0.2, 0) is 56.0 Å². The molecule has 0 bridgehead atoms. The number of carbonyl (C=O) groups is 1. The van der Waals surface area contributed by atoms with Gasteiger partial charge in [-0.05, 0) is 78.1 Å². The molecule has 5 nitrogen and oxygen atoms in total. The van der Waals surface area contributed by atoms with Gasteiger partial charge in [0.2, 0.25) is 0 Å². The molecule has 0 saturated heterocycles. The fraction of sp³-hybridized carbons (Fsp3) is 0.571. The maximum atomic E-state index is 10.5. The van der Waals surface area contributed by atoms with Gasteiger partial charge in [-0.25, -0.2) is 4.98 Å². The number of thiol groups is 1. The summed E-state index contributed by atoms with van der Waals surface area (Å²) < 4.78 is 1.33. The molecule has 4 unspecified atom stereocenters. The summed E-state index contributed by atoms with van der Waals surface area (Å²) in [6.45, 7) is 0. The Balaban J connectivity index is -0.000000184. The number of hydrogen-bond donors (Lipinski definition) is 2. The van der Waals surface area contributed by atoms with Crippen LogP contribution in [0.15, 0.2) is 53.4 Å². The van der Waals surface area contributed by atoms with Crippen molar-refractivity contribution < 1.29 is 56.0 Å². The third-order valence-electron chi connectivity index (χ3n) is 9.58. The van der Waals surface area contributed by atoms with E-state index in [1.54, 1.807) is 0 Å². The van der Waals surface area contributed by atoms with Crippen LogP contribution in [0, 0.1) is 35.6 Å². The van der Waals surface area contributed by atoms with Crippen LogP contribution in [0.4, 0.5) is 5.69 Å². The first-order valence-corrected chi connectivity index (χ1v) is 18.7. The SMILES string of the molecule is C1CCCC1.C1CCCC1.CN(C)C1CCCC1C=O.CN(C)C1CCCC1c1nc2ccccc2s1.Nc1ccccc1S.[CH3-].[CH3-].[CH3-].[CH3-].[Fe+2].[Fe+2].[Fe]. The van der Waals surface area contributed by atoms with Crippen molar-refractivity contribution in [3.8, 4) is 0 Å². The van der Waals surface area contributed by atoms with Crippen LogP contribution in [0.25, 0.3) is 10.2 Å². The molecule has 10 heteroatoms. The number of hydrogen-bond acceptors (Lipinski definition) is 7. The van der Waals surface area contributed by atoms with Crippen molar-refractivity contribution in [3.63, 3.8) is 0 Å². The van der Waals surface area contributed by atoms with E-state index in [1.165, 1.54) is 106 Å². The monoisotopic (exact) mass is 880 g/mol. The van der Waals surface area contributed by atoms with E-state index >= 15 is 0 Å². The molecule has 0 spiro atoms. The molecule has 4 atom stereocenters. The fourth-order valence-corrected chi connectivity index (χ4v) is 8.24. The standard InChI is InChI=1S/C14H18N2S.C8H15NO.C6H7NS.2C5H10.4CH3.3Fe/c1-16(2)12-8-5-6-10(12)14-15-11-7-3-4-9-13(11)17-14;1-9(2)8-5-3-4-7(8)6-10;7-5-3-1-2-4-6(5)8;2*1-2-4-5-3-1;;;;;;;/h3-4,7,9-10,12H,5-6,8H2,1-2H3;6-8H,3-5H2,1-2H3;1-4,8H,7H2;2*1-5H2;4*1H3;;;/q;;;;;4*-1;;2*+2. The molecule has 2 N–H and O–H groups in total. The van der Waals surface area contributed by atoms with Gasteiger partial charge in [0.25, 0.3) is 0 Å². The third-order valence-corrected chi connectivity index (χ3v) is 11.2. The van der Waals surface area contributed by atoms with E-state index in [9.17, 15) is 4.79 Å². The number of aromatic nitrogens is 1. The van der Waals surface area contributed by atoms with E-state index in [2.05, 4.69) is 60.8 Å². The molecular weight excluding hydrogens is 808 g/mol. The first-order valence-electron chi connectivity index (χ1n) is 17.5. The molecule has 2 aromatic carbocycles. The smallest absolute Gasteiger partial charge is 0.398 e. The number of anilines is 1. The summed E-state index contributed by atoms with van der Waals surface area (Å²) in [5, 5.41) is 1.34. The predicted octanol–water partition coefficient (Wildman–Crippen LogP) is 11.7. The summed E-state index contributed by atoms with van der Waals surface area (Å²) in [5.41, 5.74) is 7.34. The Labute approximate surface area is 363 Å². The van der Waals surface area contributed by atoms with E-state index in [0.29, 0.717) is 23.9 Å². The minimum Gasteiger partial charge on any atom is -0.398 e. The minimum atomic E-state index is 0. The van der Waals surface area contributed by atoms with Gasteiger partial charge in [0.05, 0.1) is 15.2 Å². The van der Waals surface area contributed by atoms with Gasteiger partial charge in [-0.15, -0.1) is 24.0 Å². The van der Waals surface area contributed by atoms with Crippen LogP contribution in [-0.4, -0.2) is 61.3 Å². The number of aldehydes is 1. The van der Waals surface area contributed by atoms with E-state index in [4.69, 9.17) is 10.7 Å². The van der Waals surface area contributed by atoms with Crippen LogP contribution < -0.4 is 5.73 Å². The Kier molecular flexibility index (Phi) is 41.1. The van der Waals surface area contributed by atoms with Gasteiger partial charge in [0, 0.05) is 51.6 Å². The zero-order chi connectivity index (χ0) is 32.4. The molecule has 3 aromatic rings. The zero-order valence-corrected chi connectivity index (χ0v) is 38.6. The van der Waals surface area contributed by atoms with Crippen molar-refractivity contribution >= 4 is 46.2 Å². The van der Waals surface area contributed by atoms with Gasteiger partial charge in [-0.2, -0.15) is 0 Å². The minimum absolute atomic E-state index is 0. The first-order chi connectivity index (χ1) is 21.8. The van der Waals surface area contributed by atoms with Crippen molar-refractivity contribution in [2.24, 2.45) is 5.92 Å². The quantitative estimate of drug-likeness (QED) is 0.0899. The maximum absolute atomic E-state index is 10.5. The molecule has 4 fully saturated rings. The number of benzene rings is 2. The van der Waals surface area contributed by atoms with Crippen LogP contribution in [0.5, 0.6) is 0 Å². The third kappa shape index (κ3) is 21.6. The van der Waals surface area contributed by atoms with Gasteiger partial charge < -0.3 is 50.0 Å². The number of carbonyl (C=O) groups excluding carboxylic acids is 1. The van der Waals surface area contributed by atoms with E-state index in [-0.39, 0.29) is 80.9 Å². The van der Waals surface area contributed by atoms with Crippen LogP contribution in [0.1, 0.15) is 114 Å². The van der Waals surface area contributed by atoms with Gasteiger partial charge in [0.15, 0.2) is 0 Å². The first kappa shape index (κ1) is 60.9. The largest absolute Gasteiger partial charge is 2.00 e. The molecule has 52 heavy (non-hydrogen) atoms. The summed E-state index contributed by atoms with van der Waals surface area (Å²) >= 11 is 5.95. The van der Waals surface area contributed by atoms with E-state index in [1.807, 2.05) is 49.7 Å². The van der Waals surface area contributed by atoms with Crippen molar-refractivity contribution in [3.05, 3.63) is 83.2 Å². The Bertz CT molecular complexity index is 1160. The number of nitrogens with zero attached hydrogens (tertiary/aromatic N) is 3. The molecule has 4 aliphatic rings. The normalized spacial score (nSPS) is 20.5.